The lowest BCUT2D eigenvalue weighted by Gasteiger charge is -2.22. The first kappa shape index (κ1) is 17.0. The van der Waals surface area contributed by atoms with Gasteiger partial charge in [-0.1, -0.05) is 49.6 Å². The summed E-state index contributed by atoms with van der Waals surface area (Å²) < 4.78 is 5.40. The lowest BCUT2D eigenvalue weighted by molar-refractivity contribution is -0.117. The summed E-state index contributed by atoms with van der Waals surface area (Å²) in [5.74, 6) is 0.493. The second-order valence-corrected chi connectivity index (χ2v) is 6.38. The summed E-state index contributed by atoms with van der Waals surface area (Å²) in [6, 6.07) is 13.8. The number of hydrogen-bond donors (Lipinski definition) is 1. The fourth-order valence-corrected chi connectivity index (χ4v) is 3.41. The lowest BCUT2D eigenvalue weighted by atomic mass is 9.95. The van der Waals surface area contributed by atoms with Crippen LogP contribution in [0.1, 0.15) is 37.7 Å². The lowest BCUT2D eigenvalue weighted by Crippen LogP contribution is -2.36. The number of nitrogens with zero attached hydrogens (tertiary/aromatic N) is 1. The molecule has 0 aromatic heterocycles. The summed E-state index contributed by atoms with van der Waals surface area (Å²) in [6.45, 7) is 0. The Labute approximate surface area is 148 Å². The van der Waals surface area contributed by atoms with Gasteiger partial charge in [-0.3, -0.25) is 4.79 Å². The number of rotatable bonds is 4. The van der Waals surface area contributed by atoms with Crippen molar-refractivity contribution in [2.75, 3.05) is 7.11 Å². The molecule has 1 aliphatic carbocycles. The maximum absolute atomic E-state index is 12.5. The number of ether oxygens (including phenoxy) is 1. The molecule has 3 rings (SSSR count). The smallest absolute Gasteiger partial charge is 0.262 e. The summed E-state index contributed by atoms with van der Waals surface area (Å²) >= 11 is 0. The van der Waals surface area contributed by atoms with Gasteiger partial charge in [0, 0.05) is 11.4 Å². The molecule has 4 heteroatoms. The van der Waals surface area contributed by atoms with Gasteiger partial charge in [0.2, 0.25) is 0 Å². The van der Waals surface area contributed by atoms with Crippen molar-refractivity contribution in [3.8, 4) is 11.8 Å². The molecule has 0 unspecified atom stereocenters. The highest BCUT2D eigenvalue weighted by molar-refractivity contribution is 6.04. The van der Waals surface area contributed by atoms with E-state index in [1.807, 2.05) is 36.4 Å². The molecule has 0 saturated heterocycles. The number of carbonyl (C=O) groups excluding carboxylic acids is 1. The molecule has 0 spiro atoms. The number of fused-ring (bicyclic) bond motifs is 1. The zero-order valence-corrected chi connectivity index (χ0v) is 14.4. The molecule has 128 valence electrons. The minimum Gasteiger partial charge on any atom is -0.496 e. The standard InChI is InChI=1S/C21H22N2O2/c1-25-20-12-11-15(18-9-5-6-10-19(18)20)13-16(14-22)21(24)23-17-7-3-2-4-8-17/h5-6,9-13,17H,2-4,7-8H2,1H3,(H,23,24)/b16-13+. The van der Waals surface area contributed by atoms with Crippen LogP contribution in [0.5, 0.6) is 5.75 Å². The second-order valence-electron chi connectivity index (χ2n) is 6.38. The van der Waals surface area contributed by atoms with Crippen LogP contribution in [0.4, 0.5) is 0 Å². The van der Waals surface area contributed by atoms with Gasteiger partial charge in [0.25, 0.3) is 5.91 Å². The molecule has 25 heavy (non-hydrogen) atoms. The molecule has 1 fully saturated rings. The van der Waals surface area contributed by atoms with Crippen molar-refractivity contribution in [3.05, 3.63) is 47.5 Å². The molecular formula is C21H22N2O2. The Morgan fingerprint density at radius 3 is 2.56 bits per heavy atom. The molecule has 1 amide bonds. The monoisotopic (exact) mass is 334 g/mol. The first-order valence-corrected chi connectivity index (χ1v) is 8.71. The number of amides is 1. The topological polar surface area (TPSA) is 62.1 Å². The highest BCUT2D eigenvalue weighted by Gasteiger charge is 2.18. The van der Waals surface area contributed by atoms with E-state index in [2.05, 4.69) is 11.4 Å². The first-order valence-electron chi connectivity index (χ1n) is 8.71. The fraction of sp³-hybridized carbons (Fsp3) is 0.333. The molecule has 0 aliphatic heterocycles. The third kappa shape index (κ3) is 3.83. The van der Waals surface area contributed by atoms with Crippen molar-refractivity contribution in [2.45, 2.75) is 38.1 Å². The van der Waals surface area contributed by atoms with Crippen molar-refractivity contribution < 1.29 is 9.53 Å². The third-order valence-corrected chi connectivity index (χ3v) is 4.74. The minimum absolute atomic E-state index is 0.140. The Balaban J connectivity index is 1.91. The molecular weight excluding hydrogens is 312 g/mol. The Morgan fingerprint density at radius 1 is 1.16 bits per heavy atom. The van der Waals surface area contributed by atoms with Crippen LogP contribution in [0.15, 0.2) is 42.0 Å². The van der Waals surface area contributed by atoms with E-state index >= 15 is 0 Å². The van der Waals surface area contributed by atoms with Gasteiger partial charge in [-0.05, 0) is 35.9 Å². The number of hydrogen-bond acceptors (Lipinski definition) is 3. The van der Waals surface area contributed by atoms with E-state index in [0.717, 1.165) is 47.8 Å². The summed E-state index contributed by atoms with van der Waals surface area (Å²) in [5, 5.41) is 14.4. The van der Waals surface area contributed by atoms with Crippen molar-refractivity contribution >= 4 is 22.8 Å². The van der Waals surface area contributed by atoms with Crippen molar-refractivity contribution in [1.82, 2.24) is 5.32 Å². The maximum Gasteiger partial charge on any atom is 0.262 e. The van der Waals surface area contributed by atoms with Crippen LogP contribution in [-0.4, -0.2) is 19.1 Å². The first-order chi connectivity index (χ1) is 12.2. The summed E-state index contributed by atoms with van der Waals surface area (Å²) in [5.41, 5.74) is 0.979. The molecule has 0 radical (unpaired) electrons. The highest BCUT2D eigenvalue weighted by atomic mass is 16.5. The molecule has 1 aliphatic rings. The number of methoxy groups -OCH3 is 1. The van der Waals surface area contributed by atoms with Crippen LogP contribution in [0.3, 0.4) is 0 Å². The van der Waals surface area contributed by atoms with Gasteiger partial charge >= 0.3 is 0 Å². The average Bonchev–Trinajstić information content (AvgIpc) is 2.66. The van der Waals surface area contributed by atoms with Gasteiger partial charge in [-0.25, -0.2) is 0 Å². The molecule has 1 saturated carbocycles. The summed E-state index contributed by atoms with van der Waals surface area (Å²) in [7, 11) is 1.63. The molecule has 1 N–H and O–H groups in total. The molecule has 4 nitrogen and oxygen atoms in total. The summed E-state index contributed by atoms with van der Waals surface area (Å²) in [6.07, 6.45) is 7.16. The van der Waals surface area contributed by atoms with Crippen molar-refractivity contribution in [3.63, 3.8) is 0 Å². The van der Waals surface area contributed by atoms with Crippen molar-refractivity contribution in [2.24, 2.45) is 0 Å². The van der Waals surface area contributed by atoms with Gasteiger partial charge in [0.1, 0.15) is 17.4 Å². The Kier molecular flexibility index (Phi) is 5.35. The predicted octanol–water partition coefficient (Wildman–Crippen LogP) is 4.20. The quantitative estimate of drug-likeness (QED) is 0.673. The van der Waals surface area contributed by atoms with Crippen molar-refractivity contribution in [1.29, 1.82) is 5.26 Å². The van der Waals surface area contributed by atoms with E-state index in [9.17, 15) is 10.1 Å². The fourth-order valence-electron chi connectivity index (χ4n) is 3.41. The Morgan fingerprint density at radius 2 is 1.88 bits per heavy atom. The molecule has 2 aromatic rings. The number of nitrogens with one attached hydrogen (secondary N) is 1. The van der Waals surface area contributed by atoms with Crippen LogP contribution in [0.25, 0.3) is 16.8 Å². The zero-order valence-electron chi connectivity index (χ0n) is 14.4. The van der Waals surface area contributed by atoms with Crippen LogP contribution >= 0.6 is 0 Å². The summed E-state index contributed by atoms with van der Waals surface area (Å²) in [4.78, 5) is 12.5. The van der Waals surface area contributed by atoms with E-state index < -0.39 is 0 Å². The van der Waals surface area contributed by atoms with Gasteiger partial charge in [0.15, 0.2) is 0 Å². The SMILES string of the molecule is COc1ccc(/C=C(\C#N)C(=O)NC2CCCCC2)c2ccccc12. The zero-order chi connectivity index (χ0) is 17.6. The van der Waals surface area contributed by atoms with E-state index in [1.54, 1.807) is 13.2 Å². The minimum atomic E-state index is -0.283. The number of nitriles is 1. The molecule has 2 aromatic carbocycles. The van der Waals surface area contributed by atoms with Gasteiger partial charge in [-0.2, -0.15) is 5.26 Å². The molecule has 0 heterocycles. The third-order valence-electron chi connectivity index (χ3n) is 4.74. The average molecular weight is 334 g/mol. The Bertz CT molecular complexity index is 843. The largest absolute Gasteiger partial charge is 0.496 e. The van der Waals surface area contributed by atoms with E-state index in [1.165, 1.54) is 6.42 Å². The molecule has 0 atom stereocenters. The number of carbonyl (C=O) groups is 1. The van der Waals surface area contributed by atoms with Crippen LogP contribution < -0.4 is 10.1 Å². The van der Waals surface area contributed by atoms with Gasteiger partial charge in [-0.15, -0.1) is 0 Å². The highest BCUT2D eigenvalue weighted by Crippen LogP contribution is 2.29. The van der Waals surface area contributed by atoms with Crippen LogP contribution in [-0.2, 0) is 4.79 Å². The van der Waals surface area contributed by atoms with Gasteiger partial charge in [0.05, 0.1) is 7.11 Å². The Hall–Kier alpha value is -2.80. The predicted molar refractivity (Wildman–Crippen MR) is 99.1 cm³/mol. The van der Waals surface area contributed by atoms with E-state index in [0.29, 0.717) is 0 Å². The van der Waals surface area contributed by atoms with Crippen LogP contribution in [0.2, 0.25) is 0 Å². The normalized spacial score (nSPS) is 15.6. The maximum atomic E-state index is 12.5. The van der Waals surface area contributed by atoms with E-state index in [4.69, 9.17) is 4.74 Å². The van der Waals surface area contributed by atoms with Crippen LogP contribution in [0, 0.1) is 11.3 Å². The number of benzene rings is 2. The van der Waals surface area contributed by atoms with Gasteiger partial charge < -0.3 is 10.1 Å². The second kappa shape index (κ2) is 7.85. The van der Waals surface area contributed by atoms with E-state index in [-0.39, 0.29) is 17.5 Å². The molecule has 0 bridgehead atoms.